The summed E-state index contributed by atoms with van der Waals surface area (Å²) in [6.07, 6.45) is 4.01. The van der Waals surface area contributed by atoms with Gasteiger partial charge in [-0.05, 0) is 58.6 Å². The number of rotatable bonds is 2. The van der Waals surface area contributed by atoms with Crippen LogP contribution in [-0.2, 0) is 13.0 Å². The van der Waals surface area contributed by atoms with Gasteiger partial charge in [-0.1, -0.05) is 24.3 Å². The summed E-state index contributed by atoms with van der Waals surface area (Å²) in [5.41, 5.74) is 6.51. The molecule has 3 aromatic heterocycles. The maximum absolute atomic E-state index is 4.89. The number of nitrogens with zero attached hydrogens (tertiary/aromatic N) is 4. The predicted octanol–water partition coefficient (Wildman–Crippen LogP) is 4.87. The van der Waals surface area contributed by atoms with Crippen LogP contribution in [-0.4, -0.2) is 19.7 Å². The Hall–Kier alpha value is -2.53. The zero-order valence-corrected chi connectivity index (χ0v) is 15.1. The van der Waals surface area contributed by atoms with E-state index in [-0.39, 0.29) is 0 Å². The number of halogens is 1. The molecule has 0 atom stereocenters. The molecule has 4 aromatic rings. The molecule has 0 fully saturated rings. The number of aromatic nitrogens is 4. The molecule has 0 spiro atoms. The van der Waals surface area contributed by atoms with E-state index in [1.165, 1.54) is 16.8 Å². The van der Waals surface area contributed by atoms with Crippen LogP contribution in [0.3, 0.4) is 0 Å². The monoisotopic (exact) mass is 390 g/mol. The summed E-state index contributed by atoms with van der Waals surface area (Å²) in [6.45, 7) is 0.972. The van der Waals surface area contributed by atoms with Gasteiger partial charge in [0.25, 0.3) is 0 Å². The third kappa shape index (κ3) is 2.38. The van der Waals surface area contributed by atoms with Crippen molar-refractivity contribution < 1.29 is 0 Å². The van der Waals surface area contributed by atoms with Crippen molar-refractivity contribution in [2.45, 2.75) is 19.4 Å². The molecule has 4 heterocycles. The van der Waals surface area contributed by atoms with Gasteiger partial charge in [0, 0.05) is 29.4 Å². The Morgan fingerprint density at radius 2 is 1.92 bits per heavy atom. The van der Waals surface area contributed by atoms with Crippen molar-refractivity contribution in [1.29, 1.82) is 0 Å². The van der Waals surface area contributed by atoms with Crippen LogP contribution >= 0.6 is 15.9 Å². The van der Waals surface area contributed by atoms with Gasteiger partial charge in [0.15, 0.2) is 0 Å². The Labute approximate surface area is 153 Å². The highest BCUT2D eigenvalue weighted by molar-refractivity contribution is 9.10. The predicted molar refractivity (Wildman–Crippen MR) is 102 cm³/mol. The molecule has 0 amide bonds. The second-order valence-corrected chi connectivity index (χ2v) is 7.03. The average molecular weight is 391 g/mol. The summed E-state index contributed by atoms with van der Waals surface area (Å²) in [5.74, 6) is 0. The molecule has 0 N–H and O–H groups in total. The van der Waals surface area contributed by atoms with E-state index < -0.39 is 0 Å². The van der Waals surface area contributed by atoms with Crippen LogP contribution in [0.2, 0.25) is 0 Å². The van der Waals surface area contributed by atoms with E-state index in [0.717, 1.165) is 46.3 Å². The quantitative estimate of drug-likeness (QED) is 0.458. The zero-order valence-electron chi connectivity index (χ0n) is 13.5. The highest BCUT2D eigenvalue weighted by atomic mass is 79.9. The summed E-state index contributed by atoms with van der Waals surface area (Å²) in [5, 5.41) is 6.04. The molecule has 0 saturated heterocycles. The molecule has 0 radical (unpaired) electrons. The van der Waals surface area contributed by atoms with E-state index in [4.69, 9.17) is 5.10 Å². The molecule has 122 valence electrons. The minimum atomic E-state index is 0.839. The van der Waals surface area contributed by atoms with E-state index >= 15 is 0 Å². The fraction of sp³-hybridized carbons (Fsp3) is 0.150. The van der Waals surface area contributed by atoms with Gasteiger partial charge in [-0.3, -0.25) is 9.67 Å². The van der Waals surface area contributed by atoms with Gasteiger partial charge in [0.05, 0.1) is 11.2 Å². The molecular weight excluding hydrogens is 376 g/mol. The van der Waals surface area contributed by atoms with E-state index in [1.54, 1.807) is 0 Å². The largest absolute Gasteiger partial charge is 0.268 e. The number of hydrogen-bond donors (Lipinski definition) is 0. The Bertz CT molecular complexity index is 1090. The van der Waals surface area contributed by atoms with Crippen molar-refractivity contribution in [3.8, 4) is 22.5 Å². The molecule has 25 heavy (non-hydrogen) atoms. The fourth-order valence-corrected chi connectivity index (χ4v) is 4.07. The Morgan fingerprint density at radius 1 is 1.04 bits per heavy atom. The summed E-state index contributed by atoms with van der Waals surface area (Å²) < 4.78 is 2.98. The fourth-order valence-electron chi connectivity index (χ4n) is 3.65. The average Bonchev–Trinajstić information content (AvgIpc) is 3.22. The second kappa shape index (κ2) is 5.77. The topological polar surface area (TPSA) is 43.6 Å². The standard InChI is InChI=1S/C20H15BrN4/c21-18-12-14(13-6-1-2-7-15(13)23-18)19-17-9-5-11-25(17)24-20(19)16-8-3-4-10-22-16/h1-4,6-8,10,12H,5,9,11H2. The van der Waals surface area contributed by atoms with Crippen molar-refractivity contribution in [3.63, 3.8) is 0 Å². The third-order valence-electron chi connectivity index (χ3n) is 4.70. The van der Waals surface area contributed by atoms with Crippen LogP contribution in [0.4, 0.5) is 0 Å². The molecule has 0 saturated carbocycles. The van der Waals surface area contributed by atoms with Crippen LogP contribution < -0.4 is 0 Å². The summed E-state index contributed by atoms with van der Waals surface area (Å²) in [6, 6.07) is 16.3. The molecule has 4 nitrogen and oxygen atoms in total. The first kappa shape index (κ1) is 14.8. The highest BCUT2D eigenvalue weighted by Crippen LogP contribution is 2.40. The van der Waals surface area contributed by atoms with Crippen molar-refractivity contribution >= 4 is 26.8 Å². The van der Waals surface area contributed by atoms with Gasteiger partial charge in [-0.15, -0.1) is 0 Å². The number of benzene rings is 1. The lowest BCUT2D eigenvalue weighted by Gasteiger charge is -2.09. The van der Waals surface area contributed by atoms with Gasteiger partial charge < -0.3 is 0 Å². The van der Waals surface area contributed by atoms with Crippen LogP contribution in [0.1, 0.15) is 12.1 Å². The summed E-state index contributed by atoms with van der Waals surface area (Å²) >= 11 is 3.58. The number of para-hydroxylation sites is 1. The lowest BCUT2D eigenvalue weighted by Crippen LogP contribution is -1.94. The molecule has 0 unspecified atom stereocenters. The lowest BCUT2D eigenvalue weighted by atomic mass is 9.97. The lowest BCUT2D eigenvalue weighted by molar-refractivity contribution is 0.658. The first-order valence-electron chi connectivity index (χ1n) is 8.38. The molecule has 5 rings (SSSR count). The Balaban J connectivity index is 1.86. The van der Waals surface area contributed by atoms with Gasteiger partial charge in [0.2, 0.25) is 0 Å². The van der Waals surface area contributed by atoms with E-state index in [9.17, 15) is 0 Å². The Kier molecular flexibility index (Phi) is 3.41. The minimum Gasteiger partial charge on any atom is -0.268 e. The molecule has 1 aliphatic heterocycles. The first-order chi connectivity index (χ1) is 12.3. The molecule has 0 bridgehead atoms. The van der Waals surface area contributed by atoms with E-state index in [0.29, 0.717) is 0 Å². The highest BCUT2D eigenvalue weighted by Gasteiger charge is 2.25. The number of aryl methyl sites for hydroxylation is 1. The van der Waals surface area contributed by atoms with Gasteiger partial charge in [-0.2, -0.15) is 5.10 Å². The summed E-state index contributed by atoms with van der Waals surface area (Å²) in [7, 11) is 0. The van der Waals surface area contributed by atoms with E-state index in [2.05, 4.69) is 48.8 Å². The van der Waals surface area contributed by atoms with Crippen LogP contribution in [0.15, 0.2) is 59.3 Å². The van der Waals surface area contributed by atoms with Crippen molar-refractivity contribution in [2.75, 3.05) is 0 Å². The summed E-state index contributed by atoms with van der Waals surface area (Å²) in [4.78, 5) is 9.16. The first-order valence-corrected chi connectivity index (χ1v) is 9.17. The van der Waals surface area contributed by atoms with Gasteiger partial charge >= 0.3 is 0 Å². The van der Waals surface area contributed by atoms with E-state index in [1.807, 2.05) is 36.5 Å². The third-order valence-corrected chi connectivity index (χ3v) is 5.11. The SMILES string of the molecule is Brc1cc(-c2c(-c3ccccn3)nn3c2CCC3)c2ccccc2n1. The van der Waals surface area contributed by atoms with Gasteiger partial charge in [0.1, 0.15) is 10.3 Å². The van der Waals surface area contributed by atoms with Gasteiger partial charge in [-0.25, -0.2) is 4.98 Å². The van der Waals surface area contributed by atoms with Crippen LogP contribution in [0.25, 0.3) is 33.4 Å². The van der Waals surface area contributed by atoms with Crippen molar-refractivity contribution in [3.05, 3.63) is 65.0 Å². The smallest absolute Gasteiger partial charge is 0.119 e. The molecule has 0 aliphatic carbocycles. The molecule has 5 heteroatoms. The minimum absolute atomic E-state index is 0.839. The van der Waals surface area contributed by atoms with Crippen molar-refractivity contribution in [1.82, 2.24) is 19.7 Å². The van der Waals surface area contributed by atoms with Crippen LogP contribution in [0.5, 0.6) is 0 Å². The number of hydrogen-bond acceptors (Lipinski definition) is 3. The van der Waals surface area contributed by atoms with Crippen LogP contribution in [0, 0.1) is 0 Å². The molecular formula is C20H15BrN4. The maximum Gasteiger partial charge on any atom is 0.119 e. The Morgan fingerprint density at radius 3 is 2.80 bits per heavy atom. The molecule has 1 aromatic carbocycles. The normalized spacial score (nSPS) is 13.3. The van der Waals surface area contributed by atoms with Crippen molar-refractivity contribution in [2.24, 2.45) is 0 Å². The maximum atomic E-state index is 4.89. The zero-order chi connectivity index (χ0) is 16.8. The second-order valence-electron chi connectivity index (χ2n) is 6.22. The number of pyridine rings is 2. The molecule has 1 aliphatic rings. The number of fused-ring (bicyclic) bond motifs is 2.